The highest BCUT2D eigenvalue weighted by Gasteiger charge is 2.22. The van der Waals surface area contributed by atoms with E-state index in [0.29, 0.717) is 16.8 Å². The third-order valence-electron chi connectivity index (χ3n) is 6.40. The lowest BCUT2D eigenvalue weighted by atomic mass is 9.98. The van der Waals surface area contributed by atoms with Crippen molar-refractivity contribution in [2.75, 3.05) is 16.8 Å². The van der Waals surface area contributed by atoms with E-state index in [1.807, 2.05) is 68.4 Å². The minimum absolute atomic E-state index is 0.00767. The molecule has 0 unspecified atom stereocenters. The lowest BCUT2D eigenvalue weighted by Crippen LogP contribution is -2.35. The molecule has 0 spiro atoms. The van der Waals surface area contributed by atoms with Crippen LogP contribution < -0.4 is 15.5 Å². The first-order valence-corrected chi connectivity index (χ1v) is 12.0. The van der Waals surface area contributed by atoms with Crippen LogP contribution in [0.25, 0.3) is 10.8 Å². The summed E-state index contributed by atoms with van der Waals surface area (Å²) in [5.74, 6) is -0.346. The van der Waals surface area contributed by atoms with Gasteiger partial charge in [-0.25, -0.2) is 0 Å². The summed E-state index contributed by atoms with van der Waals surface area (Å²) in [6.07, 6.45) is 0.932. The van der Waals surface area contributed by atoms with E-state index in [1.165, 1.54) is 11.1 Å². The molecule has 2 amide bonds. The van der Waals surface area contributed by atoms with Crippen LogP contribution in [0, 0.1) is 0 Å². The second-order valence-corrected chi connectivity index (χ2v) is 9.32. The van der Waals surface area contributed by atoms with Crippen molar-refractivity contribution < 1.29 is 9.59 Å². The number of nitrogens with one attached hydrogen (secondary N) is 2. The van der Waals surface area contributed by atoms with Crippen LogP contribution in [0.4, 0.5) is 11.4 Å². The number of fused-ring (bicyclic) bond motifs is 2. The fraction of sp³-hybridized carbons (Fsp3) is 0.200. The van der Waals surface area contributed by atoms with E-state index in [1.54, 1.807) is 6.07 Å². The van der Waals surface area contributed by atoms with Crippen LogP contribution in [0.2, 0.25) is 0 Å². The van der Waals surface area contributed by atoms with E-state index < -0.39 is 0 Å². The first kappa shape index (κ1) is 22.7. The van der Waals surface area contributed by atoms with Crippen molar-refractivity contribution in [1.29, 1.82) is 0 Å². The normalized spacial score (nSPS) is 12.9. The van der Waals surface area contributed by atoms with E-state index in [2.05, 4.69) is 39.8 Å². The standard InChI is InChI=1S/C30H29N3O2/c1-20(2)31-30(35)27-18-26(32-29(34)24-12-11-21-7-3-5-9-23(21)17-24)13-14-28(27)33-16-15-22-8-4-6-10-25(22)19-33/h3-14,17-18,20H,15-16,19H2,1-2H3,(H,31,35)(H,32,34). The molecule has 0 saturated carbocycles. The molecule has 2 N–H and O–H groups in total. The second-order valence-electron chi connectivity index (χ2n) is 9.32. The SMILES string of the molecule is CC(C)NC(=O)c1cc(NC(=O)c2ccc3ccccc3c2)ccc1N1CCc2ccccc2C1. The molecule has 5 nitrogen and oxygen atoms in total. The Kier molecular flexibility index (Phi) is 6.23. The third-order valence-corrected chi connectivity index (χ3v) is 6.40. The van der Waals surface area contributed by atoms with Gasteiger partial charge in [0.25, 0.3) is 11.8 Å². The van der Waals surface area contributed by atoms with E-state index in [-0.39, 0.29) is 17.9 Å². The van der Waals surface area contributed by atoms with E-state index >= 15 is 0 Å². The molecular formula is C30H29N3O2. The van der Waals surface area contributed by atoms with Gasteiger partial charge in [0.2, 0.25) is 0 Å². The van der Waals surface area contributed by atoms with Crippen molar-refractivity contribution in [1.82, 2.24) is 5.32 Å². The number of hydrogen-bond donors (Lipinski definition) is 2. The summed E-state index contributed by atoms with van der Waals surface area (Å²) in [6, 6.07) is 27.7. The Morgan fingerprint density at radius 2 is 1.54 bits per heavy atom. The minimum Gasteiger partial charge on any atom is -0.366 e. The summed E-state index contributed by atoms with van der Waals surface area (Å²) in [7, 11) is 0. The van der Waals surface area contributed by atoms with Gasteiger partial charge in [0.1, 0.15) is 0 Å². The molecule has 4 aromatic carbocycles. The summed E-state index contributed by atoms with van der Waals surface area (Å²) in [6.45, 7) is 5.48. The van der Waals surface area contributed by atoms with Crippen LogP contribution in [0.1, 0.15) is 45.7 Å². The topological polar surface area (TPSA) is 61.4 Å². The van der Waals surface area contributed by atoms with Crippen LogP contribution in [0.3, 0.4) is 0 Å². The van der Waals surface area contributed by atoms with Gasteiger partial charge in [0.15, 0.2) is 0 Å². The zero-order chi connectivity index (χ0) is 24.4. The molecule has 35 heavy (non-hydrogen) atoms. The summed E-state index contributed by atoms with van der Waals surface area (Å²) in [5.41, 5.74) is 5.25. The zero-order valence-corrected chi connectivity index (χ0v) is 20.0. The van der Waals surface area contributed by atoms with Gasteiger partial charge in [-0.1, -0.05) is 54.6 Å². The Balaban J connectivity index is 1.43. The number of rotatable bonds is 5. The number of carbonyl (C=O) groups is 2. The predicted molar refractivity (Wildman–Crippen MR) is 142 cm³/mol. The molecule has 5 heteroatoms. The quantitative estimate of drug-likeness (QED) is 0.394. The van der Waals surface area contributed by atoms with Gasteiger partial charge in [-0.05, 0) is 72.5 Å². The number of nitrogens with zero attached hydrogens (tertiary/aromatic N) is 1. The Bertz CT molecular complexity index is 1410. The van der Waals surface area contributed by atoms with Gasteiger partial charge < -0.3 is 15.5 Å². The smallest absolute Gasteiger partial charge is 0.255 e. The molecule has 4 aromatic rings. The van der Waals surface area contributed by atoms with Gasteiger partial charge in [-0.2, -0.15) is 0 Å². The van der Waals surface area contributed by atoms with Crippen molar-refractivity contribution in [3.05, 3.63) is 107 Å². The second kappa shape index (κ2) is 9.63. The summed E-state index contributed by atoms with van der Waals surface area (Å²) < 4.78 is 0. The van der Waals surface area contributed by atoms with Gasteiger partial charge in [0, 0.05) is 36.1 Å². The van der Waals surface area contributed by atoms with Crippen molar-refractivity contribution >= 4 is 34.0 Å². The molecule has 0 aliphatic carbocycles. The predicted octanol–water partition coefficient (Wildman–Crippen LogP) is 5.79. The molecule has 0 saturated heterocycles. The van der Waals surface area contributed by atoms with Gasteiger partial charge in [-0.15, -0.1) is 0 Å². The van der Waals surface area contributed by atoms with Crippen molar-refractivity contribution in [2.45, 2.75) is 32.9 Å². The number of benzene rings is 4. The number of anilines is 2. The first-order chi connectivity index (χ1) is 17.0. The molecule has 0 bridgehead atoms. The highest BCUT2D eigenvalue weighted by atomic mass is 16.2. The monoisotopic (exact) mass is 463 g/mol. The molecule has 176 valence electrons. The Morgan fingerprint density at radius 1 is 0.800 bits per heavy atom. The molecule has 5 rings (SSSR count). The maximum Gasteiger partial charge on any atom is 0.255 e. The maximum atomic E-state index is 13.2. The molecule has 1 aliphatic heterocycles. The lowest BCUT2D eigenvalue weighted by Gasteiger charge is -2.32. The summed E-state index contributed by atoms with van der Waals surface area (Å²) in [4.78, 5) is 28.4. The molecule has 1 aliphatic rings. The molecular weight excluding hydrogens is 434 g/mol. The Morgan fingerprint density at radius 3 is 2.34 bits per heavy atom. The maximum absolute atomic E-state index is 13.2. The lowest BCUT2D eigenvalue weighted by molar-refractivity contribution is 0.0942. The van der Waals surface area contributed by atoms with Crippen LogP contribution in [0.15, 0.2) is 84.9 Å². The Hall–Kier alpha value is -4.12. The van der Waals surface area contributed by atoms with Crippen molar-refractivity contribution in [3.63, 3.8) is 0 Å². The molecule has 0 atom stereocenters. The first-order valence-electron chi connectivity index (χ1n) is 12.0. The van der Waals surface area contributed by atoms with Crippen LogP contribution in [-0.2, 0) is 13.0 Å². The van der Waals surface area contributed by atoms with Crippen LogP contribution >= 0.6 is 0 Å². The van der Waals surface area contributed by atoms with Gasteiger partial charge in [0.05, 0.1) is 5.56 Å². The highest BCUT2D eigenvalue weighted by molar-refractivity contribution is 6.08. The highest BCUT2D eigenvalue weighted by Crippen LogP contribution is 2.30. The van der Waals surface area contributed by atoms with Crippen LogP contribution in [-0.4, -0.2) is 24.4 Å². The van der Waals surface area contributed by atoms with Crippen molar-refractivity contribution in [3.8, 4) is 0 Å². The number of amides is 2. The average Bonchev–Trinajstić information content (AvgIpc) is 2.87. The average molecular weight is 464 g/mol. The summed E-state index contributed by atoms with van der Waals surface area (Å²) in [5, 5.41) is 8.09. The number of hydrogen-bond acceptors (Lipinski definition) is 3. The van der Waals surface area contributed by atoms with Crippen molar-refractivity contribution in [2.24, 2.45) is 0 Å². The van der Waals surface area contributed by atoms with E-state index in [0.717, 1.165) is 36.0 Å². The van der Waals surface area contributed by atoms with Gasteiger partial charge in [-0.3, -0.25) is 9.59 Å². The minimum atomic E-state index is -0.203. The largest absolute Gasteiger partial charge is 0.366 e. The fourth-order valence-electron chi connectivity index (χ4n) is 4.65. The molecule has 1 heterocycles. The zero-order valence-electron chi connectivity index (χ0n) is 20.0. The molecule has 0 aromatic heterocycles. The summed E-state index contributed by atoms with van der Waals surface area (Å²) >= 11 is 0. The Labute approximate surface area is 205 Å². The van der Waals surface area contributed by atoms with Gasteiger partial charge >= 0.3 is 0 Å². The molecule has 0 radical (unpaired) electrons. The van der Waals surface area contributed by atoms with Crippen LogP contribution in [0.5, 0.6) is 0 Å². The molecule has 0 fully saturated rings. The third kappa shape index (κ3) is 4.90. The van der Waals surface area contributed by atoms with E-state index in [4.69, 9.17) is 0 Å². The number of carbonyl (C=O) groups excluding carboxylic acids is 2. The fourth-order valence-corrected chi connectivity index (χ4v) is 4.65. The van der Waals surface area contributed by atoms with E-state index in [9.17, 15) is 9.59 Å².